The molecule has 30 heavy (non-hydrogen) atoms. The molecule has 5 aromatic rings. The van der Waals surface area contributed by atoms with Gasteiger partial charge in [0.15, 0.2) is 0 Å². The minimum atomic E-state index is -0.585. The smallest absolute Gasteiger partial charge is 0.0658 e. The molecular weight excluding hydrogens is 402 g/mol. The molecule has 0 saturated carbocycles. The molecule has 4 aromatic carbocycles. The molecule has 0 aliphatic carbocycles. The van der Waals surface area contributed by atoms with Crippen molar-refractivity contribution in [1.29, 1.82) is 0 Å². The van der Waals surface area contributed by atoms with E-state index in [9.17, 15) is 5.11 Å². The predicted octanol–water partition coefficient (Wildman–Crippen LogP) is 6.47. The first-order chi connectivity index (χ1) is 14.8. The Bertz CT molecular complexity index is 1170. The van der Waals surface area contributed by atoms with E-state index < -0.39 is 15.5 Å². The van der Waals surface area contributed by atoms with Gasteiger partial charge < -0.3 is 5.11 Å². The summed E-state index contributed by atoms with van der Waals surface area (Å²) in [5.41, 5.74) is 0. The van der Waals surface area contributed by atoms with E-state index in [0.29, 0.717) is 0 Å². The van der Waals surface area contributed by atoms with Crippen LogP contribution in [-0.4, -0.2) is 17.4 Å². The van der Waals surface area contributed by atoms with Crippen LogP contribution in [0.15, 0.2) is 109 Å². The summed E-state index contributed by atoms with van der Waals surface area (Å²) in [5.74, 6) is 0. The average molecular weight is 426 g/mol. The standard InChI is InChI=1S/C27H24OP2/c28-21(19-29(22-11-3-1-4-12-22)23-13-5-2-6-14-23)20-30-26-17-9-7-15-24(26)25-16-8-10-18-27(25)30/h1-18,21,28H,19-20H2. The van der Waals surface area contributed by atoms with Crippen LogP contribution in [0.5, 0.6) is 0 Å². The zero-order valence-electron chi connectivity index (χ0n) is 16.7. The summed E-state index contributed by atoms with van der Waals surface area (Å²) < 4.78 is 0. The van der Waals surface area contributed by atoms with Gasteiger partial charge in [-0.2, -0.15) is 0 Å². The summed E-state index contributed by atoms with van der Waals surface area (Å²) in [6, 6.07) is 38.8. The van der Waals surface area contributed by atoms with Gasteiger partial charge in [0, 0.05) is 22.6 Å². The zero-order valence-corrected chi connectivity index (χ0v) is 18.5. The molecule has 1 atom stereocenters. The topological polar surface area (TPSA) is 20.2 Å². The summed E-state index contributed by atoms with van der Waals surface area (Å²) in [6.45, 7) is 0. The highest BCUT2D eigenvalue weighted by Gasteiger charge is 2.20. The number of benzene rings is 4. The Morgan fingerprint density at radius 3 is 1.53 bits per heavy atom. The quantitative estimate of drug-likeness (QED) is 0.309. The summed E-state index contributed by atoms with van der Waals surface area (Å²) in [7, 11) is -1.11. The van der Waals surface area contributed by atoms with Crippen molar-refractivity contribution in [2.75, 3.05) is 6.16 Å². The van der Waals surface area contributed by atoms with Gasteiger partial charge in [-0.05, 0) is 29.3 Å². The van der Waals surface area contributed by atoms with E-state index in [1.807, 2.05) is 0 Å². The van der Waals surface area contributed by atoms with Gasteiger partial charge in [-0.3, -0.25) is 0 Å². The molecule has 0 bridgehead atoms. The van der Waals surface area contributed by atoms with Gasteiger partial charge in [0.25, 0.3) is 0 Å². The summed E-state index contributed by atoms with van der Waals surface area (Å²) in [5, 5.41) is 19.5. The van der Waals surface area contributed by atoms with Crippen LogP contribution in [0.2, 0.25) is 0 Å². The number of fused-ring (bicyclic) bond motifs is 3. The first-order valence-electron chi connectivity index (χ1n) is 10.3. The zero-order chi connectivity index (χ0) is 20.3. The van der Waals surface area contributed by atoms with Crippen molar-refractivity contribution in [2.45, 2.75) is 12.3 Å². The Morgan fingerprint density at radius 2 is 1.03 bits per heavy atom. The third-order valence-electron chi connectivity index (χ3n) is 5.60. The number of hydrogen-bond acceptors (Lipinski definition) is 1. The van der Waals surface area contributed by atoms with Crippen molar-refractivity contribution in [3.63, 3.8) is 0 Å². The molecule has 0 aliphatic heterocycles. The van der Waals surface area contributed by atoms with Crippen LogP contribution in [0, 0.1) is 0 Å². The minimum absolute atomic E-state index is 0.332. The second-order valence-corrected chi connectivity index (χ2v) is 12.0. The number of aliphatic hydroxyl groups is 1. The van der Waals surface area contributed by atoms with Gasteiger partial charge >= 0.3 is 0 Å². The van der Waals surface area contributed by atoms with Crippen LogP contribution in [0.1, 0.15) is 0 Å². The van der Waals surface area contributed by atoms with Crippen molar-refractivity contribution in [1.82, 2.24) is 0 Å². The van der Waals surface area contributed by atoms with Gasteiger partial charge in [-0.1, -0.05) is 109 Å². The Kier molecular flexibility index (Phi) is 5.69. The highest BCUT2D eigenvalue weighted by molar-refractivity contribution is 7.73. The van der Waals surface area contributed by atoms with Gasteiger partial charge in [0.05, 0.1) is 6.10 Å². The van der Waals surface area contributed by atoms with Gasteiger partial charge in [0.1, 0.15) is 0 Å². The van der Waals surface area contributed by atoms with Gasteiger partial charge in [-0.25, -0.2) is 0 Å². The summed E-state index contributed by atoms with van der Waals surface area (Å²) in [4.78, 5) is 0. The average Bonchev–Trinajstić information content (AvgIpc) is 3.12. The molecule has 1 heterocycles. The summed E-state index contributed by atoms with van der Waals surface area (Å²) in [6.07, 6.45) is 1.29. The maximum atomic E-state index is 11.3. The summed E-state index contributed by atoms with van der Waals surface area (Å²) >= 11 is 0. The lowest BCUT2D eigenvalue weighted by atomic mass is 10.2. The number of hydrogen-bond donors (Lipinski definition) is 1. The Balaban J connectivity index is 1.49. The number of aliphatic hydroxyl groups excluding tert-OH is 1. The molecule has 5 rings (SSSR count). The van der Waals surface area contributed by atoms with Crippen molar-refractivity contribution in [2.24, 2.45) is 0 Å². The van der Waals surface area contributed by atoms with Crippen molar-refractivity contribution in [3.05, 3.63) is 109 Å². The molecule has 1 N–H and O–H groups in total. The Labute approximate surface area is 179 Å². The van der Waals surface area contributed by atoms with E-state index in [-0.39, 0.29) is 6.10 Å². The molecule has 0 spiro atoms. The highest BCUT2D eigenvalue weighted by Crippen LogP contribution is 2.50. The molecule has 148 valence electrons. The fourth-order valence-electron chi connectivity index (χ4n) is 4.26. The molecule has 0 radical (unpaired) electrons. The third kappa shape index (κ3) is 3.82. The maximum absolute atomic E-state index is 11.3. The van der Waals surface area contributed by atoms with E-state index in [0.717, 1.165) is 12.3 Å². The molecule has 0 fully saturated rings. The fraction of sp³-hybridized carbons (Fsp3) is 0.111. The highest BCUT2D eigenvalue weighted by atomic mass is 31.1. The fourth-order valence-corrected chi connectivity index (χ4v) is 9.50. The van der Waals surface area contributed by atoms with Crippen molar-refractivity contribution >= 4 is 47.1 Å². The second kappa shape index (κ2) is 8.75. The van der Waals surface area contributed by atoms with Crippen LogP contribution in [0.3, 0.4) is 0 Å². The Morgan fingerprint density at radius 1 is 0.600 bits per heavy atom. The molecule has 1 nitrogen and oxygen atoms in total. The lowest BCUT2D eigenvalue weighted by molar-refractivity contribution is 0.211. The van der Waals surface area contributed by atoms with E-state index >= 15 is 0 Å². The SMILES string of the molecule is OC(CP(c1ccccc1)c1ccccc1)Cp1c2ccccc2c2ccccc21. The molecule has 1 aromatic heterocycles. The van der Waals surface area contributed by atoms with Crippen LogP contribution in [-0.2, 0) is 6.16 Å². The Hall–Kier alpha value is -2.43. The maximum Gasteiger partial charge on any atom is 0.0658 e. The first-order valence-corrected chi connectivity index (χ1v) is 13.4. The largest absolute Gasteiger partial charge is 0.392 e. The molecule has 0 saturated heterocycles. The first kappa shape index (κ1) is 19.5. The van der Waals surface area contributed by atoms with E-state index in [4.69, 9.17) is 0 Å². The van der Waals surface area contributed by atoms with Crippen LogP contribution >= 0.6 is 15.5 Å². The number of rotatable bonds is 6. The molecule has 1 unspecified atom stereocenters. The van der Waals surface area contributed by atoms with Crippen LogP contribution < -0.4 is 10.6 Å². The molecule has 0 amide bonds. The van der Waals surface area contributed by atoms with Crippen LogP contribution in [0.25, 0.3) is 21.0 Å². The molecule has 3 heteroatoms. The van der Waals surface area contributed by atoms with E-state index in [1.165, 1.54) is 31.6 Å². The lowest BCUT2D eigenvalue weighted by Gasteiger charge is -2.22. The van der Waals surface area contributed by atoms with E-state index in [2.05, 4.69) is 109 Å². The molecular formula is C27H24OP2. The predicted molar refractivity (Wildman–Crippen MR) is 134 cm³/mol. The van der Waals surface area contributed by atoms with Crippen LogP contribution in [0.4, 0.5) is 0 Å². The van der Waals surface area contributed by atoms with Crippen molar-refractivity contribution in [3.8, 4) is 0 Å². The van der Waals surface area contributed by atoms with Gasteiger partial charge in [0.2, 0.25) is 0 Å². The van der Waals surface area contributed by atoms with Gasteiger partial charge in [-0.15, -0.1) is 7.53 Å². The monoisotopic (exact) mass is 426 g/mol. The minimum Gasteiger partial charge on any atom is -0.392 e. The van der Waals surface area contributed by atoms with E-state index in [1.54, 1.807) is 0 Å². The molecule has 0 aliphatic rings. The normalized spacial score (nSPS) is 12.6. The lowest BCUT2D eigenvalue weighted by Crippen LogP contribution is -2.21. The third-order valence-corrected chi connectivity index (χ3v) is 11.0. The second-order valence-electron chi connectivity index (χ2n) is 7.58. The van der Waals surface area contributed by atoms with Crippen molar-refractivity contribution < 1.29 is 5.11 Å².